The normalized spacial score (nSPS) is 10.1. The number of hydrogen-bond donors (Lipinski definition) is 2. The van der Waals surface area contributed by atoms with Crippen LogP contribution in [0.4, 0.5) is 0 Å². The Bertz CT molecular complexity index is 913. The highest BCUT2D eigenvalue weighted by molar-refractivity contribution is 6.30. The fourth-order valence-corrected chi connectivity index (χ4v) is 2.32. The maximum absolute atomic E-state index is 12.1. The Morgan fingerprint density at radius 1 is 0.889 bits per heavy atom. The Labute approximate surface area is 161 Å². The molecule has 7 heteroatoms. The number of rotatable bonds is 5. The smallest absolute Gasteiger partial charge is 0.288 e. The van der Waals surface area contributed by atoms with Crippen molar-refractivity contribution in [1.82, 2.24) is 15.8 Å². The molecule has 2 N–H and O–H groups in total. The Morgan fingerprint density at radius 2 is 1.59 bits per heavy atom. The summed E-state index contributed by atoms with van der Waals surface area (Å²) in [6.45, 7) is 0.361. The zero-order valence-electron chi connectivity index (χ0n) is 14.2. The molecule has 0 aliphatic heterocycles. The van der Waals surface area contributed by atoms with Crippen LogP contribution in [0.15, 0.2) is 72.9 Å². The number of amides is 2. The average Bonchev–Trinajstić information content (AvgIpc) is 2.72. The highest BCUT2D eigenvalue weighted by atomic mass is 35.5. The predicted octanol–water partition coefficient (Wildman–Crippen LogP) is 3.39. The van der Waals surface area contributed by atoms with Gasteiger partial charge in [-0.05, 0) is 54.1 Å². The summed E-state index contributed by atoms with van der Waals surface area (Å²) in [5.41, 5.74) is 6.21. The van der Waals surface area contributed by atoms with Crippen LogP contribution in [-0.4, -0.2) is 16.8 Å². The van der Waals surface area contributed by atoms with Crippen LogP contribution < -0.4 is 15.6 Å². The standard InChI is InChI=1S/C20H16ClN3O3/c21-16-8-10-17(11-9-16)27-13-14-4-6-15(7-5-14)19(25)23-24-20(26)18-3-1-2-12-22-18/h1-12H,13H2,(H,23,25)(H,24,26). The van der Waals surface area contributed by atoms with Crippen LogP contribution in [0.5, 0.6) is 5.75 Å². The Hall–Kier alpha value is -3.38. The first-order valence-corrected chi connectivity index (χ1v) is 8.48. The van der Waals surface area contributed by atoms with Gasteiger partial charge in [0.1, 0.15) is 18.1 Å². The molecule has 3 rings (SSSR count). The minimum Gasteiger partial charge on any atom is -0.489 e. The van der Waals surface area contributed by atoms with Gasteiger partial charge in [0.15, 0.2) is 0 Å². The molecule has 0 radical (unpaired) electrons. The minimum absolute atomic E-state index is 0.215. The second kappa shape index (κ2) is 8.82. The van der Waals surface area contributed by atoms with E-state index in [-0.39, 0.29) is 5.69 Å². The van der Waals surface area contributed by atoms with Crippen molar-refractivity contribution in [3.05, 3.63) is 94.8 Å². The number of benzene rings is 2. The zero-order chi connectivity index (χ0) is 19.1. The van der Waals surface area contributed by atoms with Crippen LogP contribution in [0, 0.1) is 0 Å². The van der Waals surface area contributed by atoms with E-state index < -0.39 is 11.8 Å². The molecule has 3 aromatic rings. The summed E-state index contributed by atoms with van der Waals surface area (Å²) in [5, 5.41) is 0.646. The number of hydrazine groups is 1. The maximum atomic E-state index is 12.1. The largest absolute Gasteiger partial charge is 0.489 e. The third kappa shape index (κ3) is 5.29. The molecule has 136 valence electrons. The maximum Gasteiger partial charge on any atom is 0.288 e. The van der Waals surface area contributed by atoms with Gasteiger partial charge in [-0.15, -0.1) is 0 Å². The van der Waals surface area contributed by atoms with Crippen molar-refractivity contribution in [2.45, 2.75) is 6.61 Å². The molecule has 0 saturated carbocycles. The Morgan fingerprint density at radius 3 is 2.26 bits per heavy atom. The number of carbonyl (C=O) groups is 2. The van der Waals surface area contributed by atoms with Gasteiger partial charge in [-0.3, -0.25) is 25.4 Å². The van der Waals surface area contributed by atoms with E-state index in [1.807, 2.05) is 0 Å². The third-order valence-electron chi connectivity index (χ3n) is 3.62. The molecule has 0 spiro atoms. The van der Waals surface area contributed by atoms with E-state index in [1.54, 1.807) is 66.7 Å². The molecule has 1 aromatic heterocycles. The lowest BCUT2D eigenvalue weighted by atomic mass is 10.1. The Kier molecular flexibility index (Phi) is 6.02. The minimum atomic E-state index is -0.489. The first kappa shape index (κ1) is 18.4. The van der Waals surface area contributed by atoms with Crippen LogP contribution in [0.3, 0.4) is 0 Å². The number of nitrogens with zero attached hydrogens (tertiary/aromatic N) is 1. The number of aromatic nitrogens is 1. The number of carbonyl (C=O) groups excluding carboxylic acids is 2. The SMILES string of the molecule is O=C(NNC(=O)c1ccccn1)c1ccc(COc2ccc(Cl)cc2)cc1. The van der Waals surface area contributed by atoms with Crippen LogP contribution >= 0.6 is 11.6 Å². The van der Waals surface area contributed by atoms with E-state index in [9.17, 15) is 9.59 Å². The van der Waals surface area contributed by atoms with Crippen molar-refractivity contribution < 1.29 is 14.3 Å². The monoisotopic (exact) mass is 381 g/mol. The number of halogens is 1. The first-order valence-electron chi connectivity index (χ1n) is 8.11. The third-order valence-corrected chi connectivity index (χ3v) is 3.87. The molecule has 1 heterocycles. The number of hydrogen-bond acceptors (Lipinski definition) is 4. The van der Waals surface area contributed by atoms with Crippen molar-refractivity contribution in [3.8, 4) is 5.75 Å². The van der Waals surface area contributed by atoms with Crippen LogP contribution in [-0.2, 0) is 6.61 Å². The van der Waals surface area contributed by atoms with Gasteiger partial charge in [0.05, 0.1) is 0 Å². The van der Waals surface area contributed by atoms with Gasteiger partial charge in [0.25, 0.3) is 11.8 Å². The van der Waals surface area contributed by atoms with E-state index in [2.05, 4.69) is 15.8 Å². The molecule has 2 amide bonds. The van der Waals surface area contributed by atoms with E-state index in [4.69, 9.17) is 16.3 Å². The zero-order valence-corrected chi connectivity index (χ0v) is 14.9. The van der Waals surface area contributed by atoms with Crippen molar-refractivity contribution in [2.24, 2.45) is 0 Å². The van der Waals surface area contributed by atoms with Crippen molar-refractivity contribution >= 4 is 23.4 Å². The van der Waals surface area contributed by atoms with E-state index in [0.717, 1.165) is 5.56 Å². The molecule has 27 heavy (non-hydrogen) atoms. The second-order valence-corrected chi connectivity index (χ2v) is 6.00. The van der Waals surface area contributed by atoms with Gasteiger partial charge >= 0.3 is 0 Å². The van der Waals surface area contributed by atoms with E-state index in [0.29, 0.717) is 22.9 Å². The van der Waals surface area contributed by atoms with Gasteiger partial charge in [-0.25, -0.2) is 0 Å². The second-order valence-electron chi connectivity index (χ2n) is 5.56. The molecule has 0 aliphatic rings. The summed E-state index contributed by atoms with van der Waals surface area (Å²) >= 11 is 5.83. The Balaban J connectivity index is 1.51. The molecule has 2 aromatic carbocycles. The van der Waals surface area contributed by atoms with Gasteiger partial charge in [0, 0.05) is 16.8 Å². The van der Waals surface area contributed by atoms with E-state index in [1.165, 1.54) is 6.20 Å². The average molecular weight is 382 g/mol. The lowest BCUT2D eigenvalue weighted by Crippen LogP contribution is -2.41. The fourth-order valence-electron chi connectivity index (χ4n) is 2.20. The summed E-state index contributed by atoms with van der Waals surface area (Å²) in [4.78, 5) is 27.9. The number of ether oxygens (including phenoxy) is 1. The summed E-state index contributed by atoms with van der Waals surface area (Å²) in [5.74, 6) is -0.208. The molecular weight excluding hydrogens is 366 g/mol. The number of pyridine rings is 1. The molecule has 0 atom stereocenters. The predicted molar refractivity (Wildman–Crippen MR) is 101 cm³/mol. The van der Waals surface area contributed by atoms with Crippen LogP contribution in [0.2, 0.25) is 5.02 Å². The molecule has 0 saturated heterocycles. The summed E-state index contributed by atoms with van der Waals surface area (Å²) < 4.78 is 5.65. The van der Waals surface area contributed by atoms with Crippen LogP contribution in [0.1, 0.15) is 26.4 Å². The highest BCUT2D eigenvalue weighted by Crippen LogP contribution is 2.17. The van der Waals surface area contributed by atoms with E-state index >= 15 is 0 Å². The topological polar surface area (TPSA) is 80.3 Å². The lowest BCUT2D eigenvalue weighted by molar-refractivity contribution is 0.0844. The van der Waals surface area contributed by atoms with Gasteiger partial charge in [0.2, 0.25) is 0 Å². The molecular formula is C20H16ClN3O3. The van der Waals surface area contributed by atoms with Gasteiger partial charge in [-0.1, -0.05) is 29.8 Å². The molecule has 0 fully saturated rings. The fraction of sp³-hybridized carbons (Fsp3) is 0.0500. The molecule has 6 nitrogen and oxygen atoms in total. The summed E-state index contributed by atoms with van der Waals surface area (Å²) in [7, 11) is 0. The lowest BCUT2D eigenvalue weighted by Gasteiger charge is -2.09. The quantitative estimate of drug-likeness (QED) is 0.664. The number of nitrogens with one attached hydrogen (secondary N) is 2. The molecule has 0 unspecified atom stereocenters. The highest BCUT2D eigenvalue weighted by Gasteiger charge is 2.09. The van der Waals surface area contributed by atoms with Gasteiger partial charge < -0.3 is 4.74 Å². The van der Waals surface area contributed by atoms with Crippen molar-refractivity contribution in [3.63, 3.8) is 0 Å². The van der Waals surface area contributed by atoms with Crippen molar-refractivity contribution in [2.75, 3.05) is 0 Å². The van der Waals surface area contributed by atoms with Crippen LogP contribution in [0.25, 0.3) is 0 Å². The molecule has 0 aliphatic carbocycles. The summed E-state index contributed by atoms with van der Waals surface area (Å²) in [6.07, 6.45) is 1.50. The first-order chi connectivity index (χ1) is 13.1. The molecule has 0 bridgehead atoms. The van der Waals surface area contributed by atoms with Gasteiger partial charge in [-0.2, -0.15) is 0 Å². The summed E-state index contributed by atoms with van der Waals surface area (Å²) in [6, 6.07) is 18.9. The van der Waals surface area contributed by atoms with Crippen molar-refractivity contribution in [1.29, 1.82) is 0 Å².